The number of benzene rings is 2. The van der Waals surface area contributed by atoms with Gasteiger partial charge in [-0.05, 0) is 12.1 Å². The Hall–Kier alpha value is -4.45. The van der Waals surface area contributed by atoms with Crippen LogP contribution in [0.4, 0.5) is 0 Å². The van der Waals surface area contributed by atoms with E-state index in [1.807, 2.05) is 0 Å². The highest BCUT2D eigenvalue weighted by atomic mass is 16.7. The lowest BCUT2D eigenvalue weighted by atomic mass is 9.98. The molecule has 0 radical (unpaired) electrons. The smallest absolute Gasteiger partial charge is 0.303 e. The summed E-state index contributed by atoms with van der Waals surface area (Å²) in [6.07, 6.45) is -6.89. The topological polar surface area (TPSA) is 161 Å². The maximum atomic E-state index is 12.8. The van der Waals surface area contributed by atoms with Crippen molar-refractivity contribution in [2.75, 3.05) is 6.61 Å². The highest BCUT2D eigenvalue weighted by molar-refractivity contribution is 6.10. The van der Waals surface area contributed by atoms with E-state index in [1.54, 1.807) is 30.3 Å². The Bertz CT molecular complexity index is 1220. The predicted octanol–water partition coefficient (Wildman–Crippen LogP) is 2.09. The van der Waals surface area contributed by atoms with Gasteiger partial charge in [0.15, 0.2) is 18.0 Å². The number of hydrogen-bond acceptors (Lipinski definition) is 12. The second kappa shape index (κ2) is 12.9. The molecular formula is C27H28O12. The van der Waals surface area contributed by atoms with Crippen LogP contribution in [0.25, 0.3) is 0 Å². The van der Waals surface area contributed by atoms with Gasteiger partial charge in [-0.3, -0.25) is 24.0 Å². The maximum absolute atomic E-state index is 12.8. The number of phenols is 1. The third kappa shape index (κ3) is 7.77. The zero-order valence-corrected chi connectivity index (χ0v) is 21.7. The van der Waals surface area contributed by atoms with Gasteiger partial charge in [-0.15, -0.1) is 0 Å². The lowest BCUT2D eigenvalue weighted by molar-refractivity contribution is -0.288. The van der Waals surface area contributed by atoms with Crippen molar-refractivity contribution in [1.82, 2.24) is 0 Å². The second-order valence-corrected chi connectivity index (χ2v) is 8.56. The molecule has 2 aromatic rings. The van der Waals surface area contributed by atoms with Gasteiger partial charge in [-0.2, -0.15) is 0 Å². The number of rotatable bonds is 9. The lowest BCUT2D eigenvalue weighted by Crippen LogP contribution is -2.63. The summed E-state index contributed by atoms with van der Waals surface area (Å²) in [5.41, 5.74) is 0.371. The fourth-order valence-corrected chi connectivity index (χ4v) is 3.94. The fraction of sp³-hybridized carbons (Fsp3) is 0.370. The molecule has 1 saturated heterocycles. The first-order valence-corrected chi connectivity index (χ1v) is 11.9. The van der Waals surface area contributed by atoms with Crippen LogP contribution in [0.5, 0.6) is 11.5 Å². The highest BCUT2D eigenvalue weighted by Crippen LogP contribution is 2.33. The molecule has 12 nitrogen and oxygen atoms in total. The molecule has 3 rings (SSSR count). The molecule has 0 aliphatic carbocycles. The van der Waals surface area contributed by atoms with E-state index in [1.165, 1.54) is 12.1 Å². The summed E-state index contributed by atoms with van der Waals surface area (Å²) in [4.78, 5) is 59.9. The number of aromatic hydroxyl groups is 1. The molecule has 0 unspecified atom stereocenters. The van der Waals surface area contributed by atoms with Crippen LogP contribution in [-0.2, 0) is 42.9 Å². The van der Waals surface area contributed by atoms with Gasteiger partial charge in [0, 0.05) is 39.3 Å². The lowest BCUT2D eigenvalue weighted by Gasteiger charge is -2.43. The van der Waals surface area contributed by atoms with E-state index in [4.69, 9.17) is 28.4 Å². The van der Waals surface area contributed by atoms with Crippen LogP contribution >= 0.6 is 0 Å². The van der Waals surface area contributed by atoms with Gasteiger partial charge >= 0.3 is 23.9 Å². The third-order valence-electron chi connectivity index (χ3n) is 5.45. The molecule has 39 heavy (non-hydrogen) atoms. The van der Waals surface area contributed by atoms with Crippen LogP contribution in [0, 0.1) is 0 Å². The fourth-order valence-electron chi connectivity index (χ4n) is 3.94. The number of carbonyl (C=O) groups excluding carboxylic acids is 5. The molecule has 2 aromatic carbocycles. The summed E-state index contributed by atoms with van der Waals surface area (Å²) in [6, 6.07) is 12.2. The van der Waals surface area contributed by atoms with E-state index in [0.717, 1.165) is 33.8 Å². The van der Waals surface area contributed by atoms with E-state index in [-0.39, 0.29) is 11.3 Å². The summed E-state index contributed by atoms with van der Waals surface area (Å²) in [6.45, 7) is 4.04. The summed E-state index contributed by atoms with van der Waals surface area (Å²) in [5, 5.41) is 10.6. The standard InChI is InChI=1S/C27H28O12/c1-14(28)34-13-22-24(35-15(2)29)25(36-16(3)30)26(37-17(4)31)27(39-22)38-19-10-11-20(21(32)12-19)23(33)18-8-6-5-7-9-18/h5-12,22,24-27,32H,13H2,1-4H3/t22-,24+,25+,26+,27-/m1/s1. The molecule has 0 amide bonds. The van der Waals surface area contributed by atoms with Crippen LogP contribution in [0.3, 0.4) is 0 Å². The molecule has 0 saturated carbocycles. The summed E-state index contributed by atoms with van der Waals surface area (Å²) < 4.78 is 32.8. The molecule has 1 heterocycles. The van der Waals surface area contributed by atoms with Crippen molar-refractivity contribution in [1.29, 1.82) is 0 Å². The largest absolute Gasteiger partial charge is 0.507 e. The number of ketones is 1. The minimum Gasteiger partial charge on any atom is -0.507 e. The molecule has 1 N–H and O–H groups in total. The maximum Gasteiger partial charge on any atom is 0.303 e. The summed E-state index contributed by atoms with van der Waals surface area (Å²) >= 11 is 0. The first kappa shape index (κ1) is 29.1. The van der Waals surface area contributed by atoms with Crippen molar-refractivity contribution in [3.05, 3.63) is 59.7 Å². The van der Waals surface area contributed by atoms with Gasteiger partial charge in [0.05, 0.1) is 5.56 Å². The Labute approximate surface area is 223 Å². The zero-order valence-electron chi connectivity index (χ0n) is 21.7. The number of phenolic OH excluding ortho intramolecular Hbond substituents is 1. The Balaban J connectivity index is 1.95. The minimum absolute atomic E-state index is 0.00184. The van der Waals surface area contributed by atoms with Crippen molar-refractivity contribution in [3.8, 4) is 11.5 Å². The normalized spacial score (nSPS) is 22.2. The molecule has 1 fully saturated rings. The molecule has 12 heteroatoms. The SMILES string of the molecule is CC(=O)OC[C@H]1O[C@@H](Oc2ccc(C(=O)c3ccccc3)c(O)c2)[C@@H](OC(C)=O)[C@@H](OC(C)=O)[C@H]1OC(C)=O. The van der Waals surface area contributed by atoms with Crippen LogP contribution in [0.15, 0.2) is 48.5 Å². The average Bonchev–Trinajstić information content (AvgIpc) is 2.86. The zero-order chi connectivity index (χ0) is 28.7. The first-order chi connectivity index (χ1) is 18.5. The Morgan fingerprint density at radius 1 is 0.769 bits per heavy atom. The van der Waals surface area contributed by atoms with E-state index in [9.17, 15) is 29.1 Å². The molecule has 0 aromatic heterocycles. The number of carbonyl (C=O) groups is 5. The molecule has 0 spiro atoms. The molecule has 1 aliphatic rings. The molecule has 0 bridgehead atoms. The quantitative estimate of drug-likeness (QED) is 0.278. The first-order valence-electron chi connectivity index (χ1n) is 11.9. The summed E-state index contributed by atoms with van der Waals surface area (Å²) in [5.74, 6) is -3.83. The summed E-state index contributed by atoms with van der Waals surface area (Å²) in [7, 11) is 0. The van der Waals surface area contributed by atoms with Crippen molar-refractivity contribution in [3.63, 3.8) is 0 Å². The van der Waals surface area contributed by atoms with Crippen molar-refractivity contribution in [2.24, 2.45) is 0 Å². The van der Waals surface area contributed by atoms with Gasteiger partial charge in [-0.25, -0.2) is 0 Å². The van der Waals surface area contributed by atoms with E-state index < -0.39 is 72.7 Å². The molecule has 1 aliphatic heterocycles. The van der Waals surface area contributed by atoms with Crippen LogP contribution in [0.1, 0.15) is 43.6 Å². The molecular weight excluding hydrogens is 516 g/mol. The minimum atomic E-state index is -1.49. The van der Waals surface area contributed by atoms with Crippen LogP contribution in [-0.4, -0.2) is 72.1 Å². The van der Waals surface area contributed by atoms with Crippen molar-refractivity contribution in [2.45, 2.75) is 58.4 Å². The number of esters is 4. The number of ether oxygens (including phenoxy) is 6. The third-order valence-corrected chi connectivity index (χ3v) is 5.45. The highest BCUT2D eigenvalue weighted by Gasteiger charge is 2.53. The van der Waals surface area contributed by atoms with E-state index in [0.29, 0.717) is 5.56 Å². The van der Waals surface area contributed by atoms with Crippen LogP contribution < -0.4 is 4.74 Å². The van der Waals surface area contributed by atoms with Gasteiger partial charge in [0.25, 0.3) is 0 Å². The van der Waals surface area contributed by atoms with Gasteiger partial charge in [-0.1, -0.05) is 30.3 Å². The van der Waals surface area contributed by atoms with Gasteiger partial charge in [0.2, 0.25) is 12.4 Å². The Kier molecular flexibility index (Phi) is 9.61. The molecule has 5 atom stereocenters. The Morgan fingerprint density at radius 3 is 1.92 bits per heavy atom. The average molecular weight is 545 g/mol. The Morgan fingerprint density at radius 2 is 1.36 bits per heavy atom. The van der Waals surface area contributed by atoms with Crippen molar-refractivity contribution >= 4 is 29.7 Å². The van der Waals surface area contributed by atoms with Gasteiger partial charge in [0.1, 0.15) is 24.2 Å². The van der Waals surface area contributed by atoms with E-state index in [2.05, 4.69) is 0 Å². The van der Waals surface area contributed by atoms with E-state index >= 15 is 0 Å². The number of hydrogen-bond donors (Lipinski definition) is 1. The predicted molar refractivity (Wildman–Crippen MR) is 131 cm³/mol. The van der Waals surface area contributed by atoms with Crippen molar-refractivity contribution < 1.29 is 57.5 Å². The monoisotopic (exact) mass is 544 g/mol. The second-order valence-electron chi connectivity index (χ2n) is 8.56. The van der Waals surface area contributed by atoms with Crippen LogP contribution in [0.2, 0.25) is 0 Å². The van der Waals surface area contributed by atoms with Gasteiger partial charge < -0.3 is 33.5 Å². The molecule has 208 valence electrons.